The summed E-state index contributed by atoms with van der Waals surface area (Å²) in [5, 5.41) is 16.4. The van der Waals surface area contributed by atoms with Gasteiger partial charge in [-0.1, -0.05) is 12.1 Å². The van der Waals surface area contributed by atoms with Crippen molar-refractivity contribution in [2.24, 2.45) is 5.10 Å². The first-order valence-electron chi connectivity index (χ1n) is 8.52. The number of nitrogens with one attached hydrogen (secondary N) is 2. The quantitative estimate of drug-likeness (QED) is 0.261. The van der Waals surface area contributed by atoms with E-state index in [1.807, 2.05) is 6.07 Å². The van der Waals surface area contributed by atoms with Gasteiger partial charge >= 0.3 is 0 Å². The zero-order valence-electron chi connectivity index (χ0n) is 15.2. The Morgan fingerprint density at radius 1 is 0.867 bits per heavy atom. The van der Waals surface area contributed by atoms with Gasteiger partial charge in [-0.3, -0.25) is 9.59 Å². The minimum absolute atomic E-state index is 0.0861. The third kappa shape index (κ3) is 5.56. The van der Waals surface area contributed by atoms with Gasteiger partial charge in [0.05, 0.1) is 20.7 Å². The van der Waals surface area contributed by atoms with E-state index in [0.717, 1.165) is 0 Å². The SMILES string of the molecule is O=C(N/N=C\c1cc(Br)c(O)c(Br)c1)c1ccc(NC(=O)c2ccccc2Br)cc1. The maximum absolute atomic E-state index is 12.3. The van der Waals surface area contributed by atoms with Crippen LogP contribution in [-0.2, 0) is 0 Å². The summed E-state index contributed by atoms with van der Waals surface area (Å²) >= 11 is 9.82. The third-order valence-corrected chi connectivity index (χ3v) is 5.84. The predicted molar refractivity (Wildman–Crippen MR) is 127 cm³/mol. The molecular weight excluding hydrogens is 582 g/mol. The van der Waals surface area contributed by atoms with Crippen molar-refractivity contribution in [2.45, 2.75) is 0 Å². The van der Waals surface area contributed by atoms with E-state index < -0.39 is 5.91 Å². The van der Waals surface area contributed by atoms with Gasteiger partial charge in [0.15, 0.2) is 0 Å². The van der Waals surface area contributed by atoms with Crippen molar-refractivity contribution in [3.8, 4) is 5.75 Å². The first-order valence-corrected chi connectivity index (χ1v) is 10.9. The molecule has 3 rings (SSSR count). The van der Waals surface area contributed by atoms with E-state index in [2.05, 4.69) is 63.6 Å². The van der Waals surface area contributed by atoms with E-state index in [-0.39, 0.29) is 11.7 Å². The van der Waals surface area contributed by atoms with Gasteiger partial charge in [0.25, 0.3) is 11.8 Å². The minimum atomic E-state index is -0.396. The van der Waals surface area contributed by atoms with Crippen molar-refractivity contribution in [1.29, 1.82) is 0 Å². The van der Waals surface area contributed by atoms with E-state index >= 15 is 0 Å². The number of nitrogens with zero attached hydrogens (tertiary/aromatic N) is 1. The summed E-state index contributed by atoms with van der Waals surface area (Å²) in [5.41, 5.74) is 4.58. The number of phenols is 1. The Labute approximate surface area is 197 Å². The molecule has 0 radical (unpaired) electrons. The standard InChI is InChI=1S/C21H14Br3N3O3/c22-16-4-2-1-3-15(16)21(30)26-14-7-5-13(6-8-14)20(29)27-25-11-12-9-17(23)19(28)18(24)10-12/h1-11,28H,(H,26,30)(H,27,29)/b25-11-. The largest absolute Gasteiger partial charge is 0.506 e. The van der Waals surface area contributed by atoms with Crippen molar-refractivity contribution in [1.82, 2.24) is 5.43 Å². The van der Waals surface area contributed by atoms with Gasteiger partial charge in [0.1, 0.15) is 5.75 Å². The van der Waals surface area contributed by atoms with Crippen LogP contribution in [0.5, 0.6) is 5.75 Å². The molecule has 0 bridgehead atoms. The molecule has 0 aliphatic heterocycles. The molecule has 0 saturated carbocycles. The smallest absolute Gasteiger partial charge is 0.271 e. The summed E-state index contributed by atoms with van der Waals surface area (Å²) in [6, 6.07) is 16.9. The lowest BCUT2D eigenvalue weighted by Crippen LogP contribution is -2.18. The fourth-order valence-corrected chi connectivity index (χ4v) is 4.13. The number of anilines is 1. The monoisotopic (exact) mass is 593 g/mol. The van der Waals surface area contributed by atoms with Crippen LogP contribution in [0.1, 0.15) is 26.3 Å². The summed E-state index contributed by atoms with van der Waals surface area (Å²) < 4.78 is 1.71. The fraction of sp³-hybridized carbons (Fsp3) is 0. The highest BCUT2D eigenvalue weighted by molar-refractivity contribution is 9.11. The highest BCUT2D eigenvalue weighted by atomic mass is 79.9. The van der Waals surface area contributed by atoms with Gasteiger partial charge in [-0.2, -0.15) is 5.10 Å². The number of hydrogen-bond acceptors (Lipinski definition) is 4. The van der Waals surface area contributed by atoms with Gasteiger partial charge in [-0.25, -0.2) is 5.43 Å². The Morgan fingerprint density at radius 2 is 1.50 bits per heavy atom. The zero-order valence-corrected chi connectivity index (χ0v) is 20.0. The van der Waals surface area contributed by atoms with Crippen LogP contribution in [0, 0.1) is 0 Å². The van der Waals surface area contributed by atoms with Gasteiger partial charge in [-0.05, 0) is 102 Å². The Balaban J connectivity index is 1.61. The lowest BCUT2D eigenvalue weighted by molar-refractivity contribution is 0.0954. The van der Waals surface area contributed by atoms with E-state index in [4.69, 9.17) is 0 Å². The lowest BCUT2D eigenvalue weighted by atomic mass is 10.1. The van der Waals surface area contributed by atoms with Gasteiger partial charge in [-0.15, -0.1) is 0 Å². The normalized spacial score (nSPS) is 10.8. The van der Waals surface area contributed by atoms with Gasteiger partial charge in [0, 0.05) is 15.7 Å². The molecule has 0 atom stereocenters. The van der Waals surface area contributed by atoms with Gasteiger partial charge in [0.2, 0.25) is 0 Å². The van der Waals surface area contributed by atoms with E-state index in [1.165, 1.54) is 6.21 Å². The van der Waals surface area contributed by atoms with Crippen molar-refractivity contribution in [2.75, 3.05) is 5.32 Å². The molecule has 0 saturated heterocycles. The summed E-state index contributed by atoms with van der Waals surface area (Å²) in [4.78, 5) is 24.6. The molecule has 3 aromatic rings. The van der Waals surface area contributed by atoms with E-state index in [0.29, 0.717) is 35.8 Å². The average Bonchev–Trinajstić information content (AvgIpc) is 2.72. The molecule has 0 unspecified atom stereocenters. The van der Waals surface area contributed by atoms with Crippen LogP contribution in [-0.4, -0.2) is 23.1 Å². The molecule has 152 valence electrons. The fourth-order valence-electron chi connectivity index (χ4n) is 2.44. The average molecular weight is 596 g/mol. The minimum Gasteiger partial charge on any atom is -0.506 e. The Morgan fingerprint density at radius 3 is 2.13 bits per heavy atom. The van der Waals surface area contributed by atoms with Crippen molar-refractivity contribution >= 4 is 71.5 Å². The molecular formula is C21H14Br3N3O3. The maximum Gasteiger partial charge on any atom is 0.271 e. The van der Waals surface area contributed by atoms with Crippen LogP contribution < -0.4 is 10.7 Å². The van der Waals surface area contributed by atoms with Crippen molar-refractivity contribution < 1.29 is 14.7 Å². The van der Waals surface area contributed by atoms with E-state index in [1.54, 1.807) is 54.6 Å². The first kappa shape index (κ1) is 22.2. The zero-order chi connectivity index (χ0) is 21.7. The maximum atomic E-state index is 12.3. The highest BCUT2D eigenvalue weighted by Gasteiger charge is 2.10. The van der Waals surface area contributed by atoms with Crippen LogP contribution in [0.2, 0.25) is 0 Å². The number of halogens is 3. The topological polar surface area (TPSA) is 90.8 Å². The van der Waals surface area contributed by atoms with Gasteiger partial charge < -0.3 is 10.4 Å². The van der Waals surface area contributed by atoms with Crippen LogP contribution in [0.4, 0.5) is 5.69 Å². The number of aromatic hydroxyl groups is 1. The molecule has 0 aromatic heterocycles. The molecule has 30 heavy (non-hydrogen) atoms. The molecule has 3 aromatic carbocycles. The number of rotatable bonds is 5. The summed E-state index contributed by atoms with van der Waals surface area (Å²) in [5.74, 6) is -0.565. The molecule has 3 N–H and O–H groups in total. The number of phenolic OH excluding ortho intramolecular Hbond substituents is 1. The molecule has 0 aliphatic rings. The number of hydrogen-bond donors (Lipinski definition) is 3. The van der Waals surface area contributed by atoms with Crippen molar-refractivity contribution in [3.63, 3.8) is 0 Å². The molecule has 6 nitrogen and oxygen atoms in total. The molecule has 0 spiro atoms. The molecule has 0 fully saturated rings. The Bertz CT molecular complexity index is 1110. The molecule has 0 aliphatic carbocycles. The van der Waals surface area contributed by atoms with Crippen LogP contribution >= 0.6 is 47.8 Å². The Kier molecular flexibility index (Phi) is 7.41. The number of carbonyl (C=O) groups excluding carboxylic acids is 2. The summed E-state index contributed by atoms with van der Waals surface area (Å²) in [6.07, 6.45) is 1.46. The van der Waals surface area contributed by atoms with Crippen LogP contribution in [0.3, 0.4) is 0 Å². The molecule has 9 heteroatoms. The van der Waals surface area contributed by atoms with Crippen molar-refractivity contribution in [3.05, 3.63) is 90.8 Å². The van der Waals surface area contributed by atoms with Crippen LogP contribution in [0.25, 0.3) is 0 Å². The number of benzene rings is 3. The van der Waals surface area contributed by atoms with E-state index in [9.17, 15) is 14.7 Å². The number of amides is 2. The second kappa shape index (κ2) is 10.0. The predicted octanol–water partition coefficient (Wildman–Crippen LogP) is 5.70. The number of carbonyl (C=O) groups is 2. The highest BCUT2D eigenvalue weighted by Crippen LogP contribution is 2.32. The summed E-state index contributed by atoms with van der Waals surface area (Å²) in [6.45, 7) is 0. The van der Waals surface area contributed by atoms with Crippen LogP contribution in [0.15, 0.2) is 79.2 Å². The molecule has 2 amide bonds. The third-order valence-electron chi connectivity index (χ3n) is 3.94. The summed E-state index contributed by atoms with van der Waals surface area (Å²) in [7, 11) is 0. The second-order valence-corrected chi connectivity index (χ2v) is 8.61. The molecule has 0 heterocycles. The second-order valence-electron chi connectivity index (χ2n) is 6.04. The Hall–Kier alpha value is -2.49. The lowest BCUT2D eigenvalue weighted by Gasteiger charge is -2.07. The first-order chi connectivity index (χ1) is 14.3. The number of hydrazone groups is 1.